The number of carbonyl (C=O) groups excluding carboxylic acids is 2. The molecule has 2 atom stereocenters. The Labute approximate surface area is 236 Å². The summed E-state index contributed by atoms with van der Waals surface area (Å²) >= 11 is 7.18. The highest BCUT2D eigenvalue weighted by Gasteiger charge is 2.43. The first kappa shape index (κ1) is 27.6. The molecule has 9 nitrogen and oxygen atoms in total. The van der Waals surface area contributed by atoms with Crippen molar-refractivity contribution in [3.8, 4) is 0 Å². The van der Waals surface area contributed by atoms with E-state index in [2.05, 4.69) is 10.3 Å². The van der Waals surface area contributed by atoms with Crippen LogP contribution < -0.4 is 5.32 Å². The predicted molar refractivity (Wildman–Crippen MR) is 152 cm³/mol. The molecular formula is C27H29ClN4O5S2. The summed E-state index contributed by atoms with van der Waals surface area (Å²) in [5.74, 6) is -0.201. The first-order valence-electron chi connectivity index (χ1n) is 12.7. The van der Waals surface area contributed by atoms with Gasteiger partial charge in [0, 0.05) is 41.5 Å². The molecule has 12 heteroatoms. The lowest BCUT2D eigenvalue weighted by Crippen LogP contribution is -2.58. The Morgan fingerprint density at radius 3 is 2.64 bits per heavy atom. The van der Waals surface area contributed by atoms with Crippen molar-refractivity contribution >= 4 is 60.8 Å². The number of piperazine rings is 1. The number of aliphatic imine (C=N–C) groups is 1. The second-order valence-electron chi connectivity index (χ2n) is 9.55. The Morgan fingerprint density at radius 1 is 1.18 bits per heavy atom. The van der Waals surface area contributed by atoms with Crippen LogP contribution in [0.1, 0.15) is 31.4 Å². The summed E-state index contributed by atoms with van der Waals surface area (Å²) < 4.78 is 34.6. The number of sulfonamides is 1. The number of carbonyl (C=O) groups is 2. The number of fused-ring (bicyclic) bond motifs is 1. The molecule has 0 spiro atoms. The van der Waals surface area contributed by atoms with Crippen LogP contribution in [0.25, 0.3) is 10.1 Å². The summed E-state index contributed by atoms with van der Waals surface area (Å²) in [6.07, 6.45) is -0.359. The molecule has 39 heavy (non-hydrogen) atoms. The normalized spacial score (nSPS) is 20.2. The van der Waals surface area contributed by atoms with E-state index in [1.807, 2.05) is 31.2 Å². The molecule has 1 N–H and O–H groups in total. The highest BCUT2D eigenvalue weighted by atomic mass is 35.5. The largest absolute Gasteiger partial charge is 0.466 e. The zero-order valence-corrected chi connectivity index (χ0v) is 24.0. The Morgan fingerprint density at radius 2 is 1.95 bits per heavy atom. The third kappa shape index (κ3) is 5.81. The molecule has 1 aromatic heterocycles. The molecule has 3 aromatic rings. The fourth-order valence-electron chi connectivity index (χ4n) is 4.78. The third-order valence-corrected chi connectivity index (χ3v) is 10.4. The Hall–Kier alpha value is -2.99. The maximum Gasteiger partial charge on any atom is 0.307 e. The number of halogens is 1. The van der Waals surface area contributed by atoms with Crippen molar-refractivity contribution in [1.82, 2.24) is 14.5 Å². The molecule has 0 radical (unpaired) electrons. The predicted octanol–water partition coefficient (Wildman–Crippen LogP) is 3.65. The van der Waals surface area contributed by atoms with Crippen LogP contribution in [0.2, 0.25) is 5.02 Å². The standard InChI is InChI=1S/C27H29ClN4O5S2/c1-3-37-24(33)14-22-27(34)31(16-18-4-6-19(7-5-18)26-29-15-17(2)30-26)10-11-32(22)39(35,36)25-12-20-8-9-21(28)13-23(20)38-25/h4-9,12-13,17,22H,3,10-11,14-16H2,1-2H3,(H,29,30). The summed E-state index contributed by atoms with van der Waals surface area (Å²) in [5.41, 5.74) is 1.86. The van der Waals surface area contributed by atoms with Crippen LogP contribution in [0.5, 0.6) is 0 Å². The number of hydrogen-bond donors (Lipinski definition) is 1. The molecule has 206 valence electrons. The molecule has 2 unspecified atom stereocenters. The van der Waals surface area contributed by atoms with Crippen LogP contribution in [0.3, 0.4) is 0 Å². The van der Waals surface area contributed by atoms with Gasteiger partial charge in [0.1, 0.15) is 16.1 Å². The highest BCUT2D eigenvalue weighted by molar-refractivity contribution is 7.91. The maximum atomic E-state index is 13.8. The Bertz CT molecular complexity index is 1540. The van der Waals surface area contributed by atoms with Crippen LogP contribution in [-0.4, -0.2) is 73.7 Å². The monoisotopic (exact) mass is 588 g/mol. The first-order chi connectivity index (χ1) is 18.7. The van der Waals surface area contributed by atoms with Gasteiger partial charge in [0.25, 0.3) is 10.0 Å². The van der Waals surface area contributed by atoms with Crippen molar-refractivity contribution in [2.45, 2.75) is 43.1 Å². The lowest BCUT2D eigenvalue weighted by atomic mass is 10.1. The average Bonchev–Trinajstić information content (AvgIpc) is 3.53. The van der Waals surface area contributed by atoms with E-state index in [-0.39, 0.29) is 36.4 Å². The van der Waals surface area contributed by atoms with Crippen molar-refractivity contribution in [3.05, 3.63) is 64.7 Å². The van der Waals surface area contributed by atoms with Gasteiger partial charge in [-0.05, 0) is 43.0 Å². The minimum absolute atomic E-state index is 0.0594. The Balaban J connectivity index is 1.38. The second kappa shape index (κ2) is 11.2. The number of nitrogens with zero attached hydrogens (tertiary/aromatic N) is 3. The number of esters is 1. The molecule has 1 amide bonds. The minimum atomic E-state index is -4.06. The van der Waals surface area contributed by atoms with Gasteiger partial charge in [0.15, 0.2) is 0 Å². The van der Waals surface area contributed by atoms with E-state index in [4.69, 9.17) is 16.3 Å². The number of rotatable bonds is 8. The average molecular weight is 589 g/mol. The van der Waals surface area contributed by atoms with Crippen molar-refractivity contribution in [2.75, 3.05) is 26.2 Å². The summed E-state index contributed by atoms with van der Waals surface area (Å²) in [5, 5.41) is 4.53. The third-order valence-electron chi connectivity index (χ3n) is 6.74. The van der Waals surface area contributed by atoms with Gasteiger partial charge in [-0.2, -0.15) is 4.31 Å². The molecule has 2 aromatic carbocycles. The molecule has 0 saturated carbocycles. The second-order valence-corrected chi connectivity index (χ2v) is 13.2. The van der Waals surface area contributed by atoms with E-state index >= 15 is 0 Å². The fraction of sp³-hybridized carbons (Fsp3) is 0.370. The van der Waals surface area contributed by atoms with Gasteiger partial charge in [-0.1, -0.05) is 41.9 Å². The minimum Gasteiger partial charge on any atom is -0.466 e. The molecule has 1 saturated heterocycles. The fourth-order valence-corrected chi connectivity index (χ4v) is 8.15. The SMILES string of the molecule is CCOC(=O)CC1C(=O)N(Cc2ccc(C3=NC(C)CN3)cc2)CCN1S(=O)(=O)c1cc2ccc(Cl)cc2s1. The van der Waals surface area contributed by atoms with E-state index in [9.17, 15) is 18.0 Å². The van der Waals surface area contributed by atoms with Gasteiger partial charge in [0.05, 0.1) is 19.1 Å². The number of ether oxygens (including phenoxy) is 1. The lowest BCUT2D eigenvalue weighted by Gasteiger charge is -2.39. The van der Waals surface area contributed by atoms with E-state index in [0.717, 1.165) is 49.2 Å². The maximum absolute atomic E-state index is 13.8. The van der Waals surface area contributed by atoms with Crippen molar-refractivity contribution < 1.29 is 22.7 Å². The first-order valence-corrected chi connectivity index (χ1v) is 15.4. The molecule has 2 aliphatic heterocycles. The molecular weight excluding hydrogens is 560 g/mol. The van der Waals surface area contributed by atoms with E-state index in [1.165, 1.54) is 0 Å². The van der Waals surface area contributed by atoms with Gasteiger partial charge in [0.2, 0.25) is 5.91 Å². The summed E-state index contributed by atoms with van der Waals surface area (Å²) in [6, 6.07) is 13.5. The lowest BCUT2D eigenvalue weighted by molar-refractivity contribution is -0.150. The molecule has 5 rings (SSSR count). The van der Waals surface area contributed by atoms with E-state index in [0.29, 0.717) is 11.6 Å². The van der Waals surface area contributed by atoms with Crippen LogP contribution >= 0.6 is 22.9 Å². The van der Waals surface area contributed by atoms with Crippen LogP contribution in [-0.2, 0) is 30.9 Å². The molecule has 1 fully saturated rings. The summed E-state index contributed by atoms with van der Waals surface area (Å²) in [6.45, 7) is 5.20. The van der Waals surface area contributed by atoms with Crippen molar-refractivity contribution in [2.24, 2.45) is 4.99 Å². The number of hydrogen-bond acceptors (Lipinski definition) is 8. The van der Waals surface area contributed by atoms with Crippen LogP contribution in [0.4, 0.5) is 0 Å². The topological polar surface area (TPSA) is 108 Å². The van der Waals surface area contributed by atoms with Crippen molar-refractivity contribution in [3.63, 3.8) is 0 Å². The summed E-state index contributed by atoms with van der Waals surface area (Å²) in [7, 11) is -4.06. The number of amidine groups is 1. The number of amides is 1. The van der Waals surface area contributed by atoms with Gasteiger partial charge in [-0.15, -0.1) is 11.3 Å². The van der Waals surface area contributed by atoms with Crippen LogP contribution in [0, 0.1) is 0 Å². The molecule has 0 aliphatic carbocycles. The van der Waals surface area contributed by atoms with Gasteiger partial charge in [-0.3, -0.25) is 14.6 Å². The van der Waals surface area contributed by atoms with Crippen molar-refractivity contribution in [1.29, 1.82) is 0 Å². The van der Waals surface area contributed by atoms with Gasteiger partial charge < -0.3 is 15.0 Å². The Kier molecular flexibility index (Phi) is 7.95. The number of nitrogens with one attached hydrogen (secondary N) is 1. The zero-order valence-electron chi connectivity index (χ0n) is 21.6. The molecule has 3 heterocycles. The quantitative estimate of drug-likeness (QED) is 0.403. The molecule has 0 bridgehead atoms. The van der Waals surface area contributed by atoms with Gasteiger partial charge in [-0.25, -0.2) is 8.42 Å². The highest BCUT2D eigenvalue weighted by Crippen LogP contribution is 2.34. The number of thiophene rings is 1. The zero-order chi connectivity index (χ0) is 27.7. The molecule has 2 aliphatic rings. The van der Waals surface area contributed by atoms with Gasteiger partial charge >= 0.3 is 5.97 Å². The summed E-state index contributed by atoms with van der Waals surface area (Å²) in [4.78, 5) is 32.3. The van der Waals surface area contributed by atoms with E-state index < -0.39 is 27.9 Å². The number of benzene rings is 2. The van der Waals surface area contributed by atoms with Crippen LogP contribution in [0.15, 0.2) is 57.7 Å². The smallest absolute Gasteiger partial charge is 0.307 e. The van der Waals surface area contributed by atoms with E-state index in [1.54, 1.807) is 36.1 Å².